The quantitative estimate of drug-likeness (QED) is 0.295. The van der Waals surface area contributed by atoms with Crippen LogP contribution in [0.25, 0.3) is 0 Å². The molecule has 2 aliphatic rings. The molecule has 1 unspecified atom stereocenters. The summed E-state index contributed by atoms with van der Waals surface area (Å²) in [5.41, 5.74) is 0.593. The van der Waals surface area contributed by atoms with Crippen LogP contribution < -0.4 is 20.1 Å². The second-order valence-corrected chi connectivity index (χ2v) is 7.24. The monoisotopic (exact) mass is 524 g/mol. The van der Waals surface area contributed by atoms with E-state index in [1.54, 1.807) is 32.2 Å². The Bertz CT molecular complexity index is 674. The van der Waals surface area contributed by atoms with Crippen molar-refractivity contribution >= 4 is 29.9 Å². The maximum absolute atomic E-state index is 12.8. The Morgan fingerprint density at radius 2 is 2.07 bits per heavy atom. The Morgan fingerprint density at radius 1 is 1.28 bits per heavy atom. The number of hydrogen-bond donors (Lipinski definition) is 2. The zero-order chi connectivity index (χ0) is 19.9. The Morgan fingerprint density at radius 3 is 2.72 bits per heavy atom. The largest absolute Gasteiger partial charge is 0.490 e. The van der Waals surface area contributed by atoms with E-state index in [4.69, 9.17) is 9.47 Å². The first-order valence-electron chi connectivity index (χ1n) is 9.98. The van der Waals surface area contributed by atoms with Gasteiger partial charge in [-0.05, 0) is 44.7 Å². The number of alkyl halides is 2. The van der Waals surface area contributed by atoms with Crippen LogP contribution >= 0.6 is 24.0 Å². The molecule has 0 amide bonds. The van der Waals surface area contributed by atoms with Gasteiger partial charge in [0.05, 0.1) is 6.61 Å². The van der Waals surface area contributed by atoms with Crippen LogP contribution in [0.5, 0.6) is 11.5 Å². The van der Waals surface area contributed by atoms with E-state index in [-0.39, 0.29) is 29.7 Å². The zero-order valence-corrected chi connectivity index (χ0v) is 19.3. The smallest absolute Gasteiger partial charge is 0.387 e. The molecule has 2 fully saturated rings. The van der Waals surface area contributed by atoms with Crippen molar-refractivity contribution in [2.75, 3.05) is 33.3 Å². The molecule has 6 nitrogen and oxygen atoms in total. The molecule has 1 saturated carbocycles. The number of nitrogens with zero attached hydrogens (tertiary/aromatic N) is 2. The van der Waals surface area contributed by atoms with E-state index in [0.717, 1.165) is 19.1 Å². The first-order valence-corrected chi connectivity index (χ1v) is 9.98. The highest BCUT2D eigenvalue weighted by molar-refractivity contribution is 14.0. The molecule has 1 atom stereocenters. The van der Waals surface area contributed by atoms with Crippen LogP contribution in [0.3, 0.4) is 0 Å². The number of benzene rings is 1. The van der Waals surface area contributed by atoms with Gasteiger partial charge < -0.3 is 25.0 Å². The lowest BCUT2D eigenvalue weighted by Gasteiger charge is -2.18. The number of para-hydroxylation sites is 1. The van der Waals surface area contributed by atoms with E-state index >= 15 is 0 Å². The molecule has 1 aromatic rings. The predicted octanol–water partition coefficient (Wildman–Crippen LogP) is 3.45. The summed E-state index contributed by atoms with van der Waals surface area (Å²) in [6, 6.07) is 5.95. The third kappa shape index (κ3) is 7.13. The number of ether oxygens (including phenoxy) is 2. The van der Waals surface area contributed by atoms with E-state index in [0.29, 0.717) is 36.3 Å². The summed E-state index contributed by atoms with van der Waals surface area (Å²) in [5.74, 6) is 1.64. The average Bonchev–Trinajstić information content (AvgIpc) is 3.42. The molecule has 1 aliphatic carbocycles. The molecular formula is C20H31F2IN4O2. The summed E-state index contributed by atoms with van der Waals surface area (Å²) in [4.78, 5) is 6.82. The summed E-state index contributed by atoms with van der Waals surface area (Å²) < 4.78 is 35.8. The molecular weight excluding hydrogens is 493 g/mol. The first-order chi connectivity index (χ1) is 13.6. The molecule has 0 aromatic heterocycles. The van der Waals surface area contributed by atoms with Crippen LogP contribution in [0, 0.1) is 5.92 Å². The van der Waals surface area contributed by atoms with Crippen molar-refractivity contribution < 1.29 is 18.3 Å². The molecule has 3 rings (SSSR count). The van der Waals surface area contributed by atoms with Crippen molar-refractivity contribution in [3.05, 3.63) is 23.8 Å². The molecule has 0 bridgehead atoms. The number of hydrogen-bond acceptors (Lipinski definition) is 4. The number of nitrogens with one attached hydrogen (secondary N) is 2. The Labute approximate surface area is 188 Å². The van der Waals surface area contributed by atoms with Crippen LogP contribution in [0.4, 0.5) is 8.78 Å². The highest BCUT2D eigenvalue weighted by Gasteiger charge is 2.34. The van der Waals surface area contributed by atoms with Crippen LogP contribution in [-0.2, 0) is 6.54 Å². The van der Waals surface area contributed by atoms with Crippen LogP contribution in [-0.4, -0.2) is 56.8 Å². The standard InChI is InChI=1S/C20H30F2N4O2.HI/c1-3-27-17-6-4-5-15(18(17)28-19(21)22)12-25-20(23-2)24-11-14-9-10-26(13-14)16-7-8-16;/h4-6,14,16,19H,3,7-13H2,1-2H3,(H2,23,24,25);1H. The fourth-order valence-corrected chi connectivity index (χ4v) is 3.63. The molecule has 1 heterocycles. The number of guanidine groups is 1. The topological polar surface area (TPSA) is 58.1 Å². The van der Waals surface area contributed by atoms with Crippen molar-refractivity contribution in [2.24, 2.45) is 10.9 Å². The molecule has 2 N–H and O–H groups in total. The molecule has 0 spiro atoms. The van der Waals surface area contributed by atoms with Gasteiger partial charge in [-0.25, -0.2) is 0 Å². The second-order valence-electron chi connectivity index (χ2n) is 7.24. The zero-order valence-electron chi connectivity index (χ0n) is 17.0. The van der Waals surface area contributed by atoms with Gasteiger partial charge in [0, 0.05) is 38.3 Å². The van der Waals surface area contributed by atoms with Crippen molar-refractivity contribution in [3.8, 4) is 11.5 Å². The van der Waals surface area contributed by atoms with Gasteiger partial charge in [0.15, 0.2) is 17.5 Å². The maximum Gasteiger partial charge on any atom is 0.387 e. The normalized spacial score (nSPS) is 19.8. The Kier molecular flexibility index (Phi) is 9.67. The molecule has 29 heavy (non-hydrogen) atoms. The highest BCUT2D eigenvalue weighted by atomic mass is 127. The van der Waals surface area contributed by atoms with Crippen LogP contribution in [0.15, 0.2) is 23.2 Å². The molecule has 0 radical (unpaired) electrons. The van der Waals surface area contributed by atoms with Gasteiger partial charge in [0.25, 0.3) is 0 Å². The number of aliphatic imine (C=N–C) groups is 1. The predicted molar refractivity (Wildman–Crippen MR) is 121 cm³/mol. The minimum atomic E-state index is -2.91. The summed E-state index contributed by atoms with van der Waals surface area (Å²) in [5, 5.41) is 6.54. The number of likely N-dealkylation sites (tertiary alicyclic amines) is 1. The van der Waals surface area contributed by atoms with E-state index in [2.05, 4.69) is 20.5 Å². The molecule has 1 saturated heterocycles. The Balaban J connectivity index is 0.00000300. The lowest BCUT2D eigenvalue weighted by atomic mass is 10.1. The van der Waals surface area contributed by atoms with Crippen LogP contribution in [0.2, 0.25) is 0 Å². The second kappa shape index (κ2) is 11.7. The first kappa shape index (κ1) is 23.9. The summed E-state index contributed by atoms with van der Waals surface area (Å²) in [6.07, 6.45) is 3.88. The van der Waals surface area contributed by atoms with Gasteiger partial charge in [-0.1, -0.05) is 12.1 Å². The average molecular weight is 524 g/mol. The molecule has 1 aromatic carbocycles. The van der Waals surface area contributed by atoms with E-state index < -0.39 is 6.61 Å². The van der Waals surface area contributed by atoms with E-state index in [9.17, 15) is 8.78 Å². The van der Waals surface area contributed by atoms with Gasteiger partial charge in [-0.2, -0.15) is 8.78 Å². The molecule has 1 aliphatic heterocycles. The highest BCUT2D eigenvalue weighted by Crippen LogP contribution is 2.33. The van der Waals surface area contributed by atoms with Crippen molar-refractivity contribution in [2.45, 2.75) is 45.4 Å². The summed E-state index contributed by atoms with van der Waals surface area (Å²) in [6.45, 7) is 2.74. The molecule has 9 heteroatoms. The van der Waals surface area contributed by atoms with Gasteiger partial charge in [-0.15, -0.1) is 24.0 Å². The molecule has 164 valence electrons. The van der Waals surface area contributed by atoms with Gasteiger partial charge in [0.1, 0.15) is 0 Å². The lowest BCUT2D eigenvalue weighted by molar-refractivity contribution is -0.0520. The van der Waals surface area contributed by atoms with Gasteiger partial charge in [-0.3, -0.25) is 4.99 Å². The van der Waals surface area contributed by atoms with Gasteiger partial charge >= 0.3 is 6.61 Å². The van der Waals surface area contributed by atoms with Crippen molar-refractivity contribution in [3.63, 3.8) is 0 Å². The fraction of sp³-hybridized carbons (Fsp3) is 0.650. The summed E-state index contributed by atoms with van der Waals surface area (Å²) >= 11 is 0. The lowest BCUT2D eigenvalue weighted by Crippen LogP contribution is -2.40. The van der Waals surface area contributed by atoms with Crippen LogP contribution in [0.1, 0.15) is 31.7 Å². The maximum atomic E-state index is 12.8. The third-order valence-corrected chi connectivity index (χ3v) is 5.18. The minimum absolute atomic E-state index is 0. The minimum Gasteiger partial charge on any atom is -0.490 e. The number of rotatable bonds is 9. The fourth-order valence-electron chi connectivity index (χ4n) is 3.63. The Hall–Kier alpha value is -1.36. The number of halogens is 3. The van der Waals surface area contributed by atoms with Crippen molar-refractivity contribution in [1.29, 1.82) is 0 Å². The SMILES string of the molecule is CCOc1cccc(CNC(=NC)NCC2CCN(C3CC3)C2)c1OC(F)F.I. The van der Waals surface area contributed by atoms with E-state index in [1.807, 2.05) is 0 Å². The summed E-state index contributed by atoms with van der Waals surface area (Å²) in [7, 11) is 1.70. The van der Waals surface area contributed by atoms with E-state index in [1.165, 1.54) is 25.8 Å². The van der Waals surface area contributed by atoms with Crippen molar-refractivity contribution in [1.82, 2.24) is 15.5 Å². The van der Waals surface area contributed by atoms with Gasteiger partial charge in [0.2, 0.25) is 0 Å². The third-order valence-electron chi connectivity index (χ3n) is 5.18.